The molecule has 5 heteroatoms. The number of benzene rings is 1. The van der Waals surface area contributed by atoms with Crippen LogP contribution in [0.4, 0.5) is 0 Å². The second kappa shape index (κ2) is 6.12. The molecule has 0 fully saturated rings. The third-order valence-electron chi connectivity index (χ3n) is 2.33. The lowest BCUT2D eigenvalue weighted by molar-refractivity contribution is -0.139. The lowest BCUT2D eigenvalue weighted by atomic mass is 10.0. The van der Waals surface area contributed by atoms with Crippen molar-refractivity contribution in [1.29, 1.82) is 5.26 Å². The molecule has 1 aromatic carbocycles. The molecule has 0 bridgehead atoms. The molecule has 0 aliphatic carbocycles. The number of esters is 1. The van der Waals surface area contributed by atoms with Gasteiger partial charge in [0.05, 0.1) is 38.2 Å². The third-order valence-corrected chi connectivity index (χ3v) is 2.62. The van der Waals surface area contributed by atoms with Crippen LogP contribution in [0.1, 0.15) is 16.7 Å². The highest BCUT2D eigenvalue weighted by Gasteiger charge is 2.13. The zero-order chi connectivity index (χ0) is 12.8. The van der Waals surface area contributed by atoms with Gasteiger partial charge in [-0.2, -0.15) is 5.26 Å². The molecule has 0 radical (unpaired) electrons. The zero-order valence-corrected chi connectivity index (χ0v) is 10.4. The molecule has 4 nitrogen and oxygen atoms in total. The van der Waals surface area contributed by atoms with Gasteiger partial charge in [-0.1, -0.05) is 0 Å². The van der Waals surface area contributed by atoms with Crippen LogP contribution in [0.3, 0.4) is 0 Å². The molecule has 0 saturated heterocycles. The normalized spacial score (nSPS) is 9.53. The first-order valence-corrected chi connectivity index (χ1v) is 5.42. The van der Waals surface area contributed by atoms with Crippen LogP contribution >= 0.6 is 11.6 Å². The first-order chi connectivity index (χ1) is 8.15. The minimum absolute atomic E-state index is 0.0400. The smallest absolute Gasteiger partial charge is 0.310 e. The van der Waals surface area contributed by atoms with E-state index in [9.17, 15) is 4.79 Å². The van der Waals surface area contributed by atoms with E-state index >= 15 is 0 Å². The van der Waals surface area contributed by atoms with E-state index in [1.165, 1.54) is 14.2 Å². The number of ether oxygens (including phenoxy) is 2. The Balaban J connectivity index is 3.20. The Morgan fingerprint density at radius 1 is 1.41 bits per heavy atom. The summed E-state index contributed by atoms with van der Waals surface area (Å²) in [6.45, 7) is 0. The van der Waals surface area contributed by atoms with Crippen molar-refractivity contribution in [2.75, 3.05) is 14.2 Å². The minimum Gasteiger partial charge on any atom is -0.496 e. The molecule has 0 amide bonds. The third kappa shape index (κ3) is 3.11. The van der Waals surface area contributed by atoms with E-state index in [4.69, 9.17) is 21.6 Å². The lowest BCUT2D eigenvalue weighted by Crippen LogP contribution is -2.07. The summed E-state index contributed by atoms with van der Waals surface area (Å²) < 4.78 is 9.71. The van der Waals surface area contributed by atoms with E-state index in [0.29, 0.717) is 16.9 Å². The van der Waals surface area contributed by atoms with Crippen molar-refractivity contribution in [2.45, 2.75) is 12.3 Å². The molecule has 0 aliphatic heterocycles. The molecule has 90 valence electrons. The van der Waals surface area contributed by atoms with Gasteiger partial charge in [0.2, 0.25) is 0 Å². The van der Waals surface area contributed by atoms with Crippen molar-refractivity contribution in [3.63, 3.8) is 0 Å². The van der Waals surface area contributed by atoms with Crippen molar-refractivity contribution < 1.29 is 14.3 Å². The van der Waals surface area contributed by atoms with Crippen molar-refractivity contribution in [3.05, 3.63) is 28.8 Å². The Morgan fingerprint density at radius 2 is 2.12 bits per heavy atom. The predicted molar refractivity (Wildman–Crippen MR) is 63.0 cm³/mol. The second-order valence-electron chi connectivity index (χ2n) is 3.32. The van der Waals surface area contributed by atoms with E-state index in [-0.39, 0.29) is 12.3 Å². The molecular formula is C12H12ClNO3. The Labute approximate surface area is 105 Å². The van der Waals surface area contributed by atoms with Crippen LogP contribution in [0, 0.1) is 11.3 Å². The molecule has 17 heavy (non-hydrogen) atoms. The van der Waals surface area contributed by atoms with Gasteiger partial charge in [0.15, 0.2) is 0 Å². The summed E-state index contributed by atoms with van der Waals surface area (Å²) in [5.41, 5.74) is 1.70. The van der Waals surface area contributed by atoms with E-state index in [1.54, 1.807) is 12.1 Å². The van der Waals surface area contributed by atoms with Gasteiger partial charge >= 0.3 is 5.97 Å². The Hall–Kier alpha value is -1.73. The summed E-state index contributed by atoms with van der Waals surface area (Å²) in [6.07, 6.45) is 0.0400. The van der Waals surface area contributed by atoms with Gasteiger partial charge in [0.25, 0.3) is 0 Å². The van der Waals surface area contributed by atoms with Gasteiger partial charge in [-0.25, -0.2) is 0 Å². The van der Waals surface area contributed by atoms with Crippen molar-refractivity contribution >= 4 is 17.6 Å². The van der Waals surface area contributed by atoms with Gasteiger partial charge in [0.1, 0.15) is 5.75 Å². The fourth-order valence-electron chi connectivity index (χ4n) is 1.44. The van der Waals surface area contributed by atoms with Crippen LogP contribution in [0.15, 0.2) is 12.1 Å². The van der Waals surface area contributed by atoms with Gasteiger partial charge in [-0.15, -0.1) is 11.6 Å². The second-order valence-corrected chi connectivity index (χ2v) is 3.59. The van der Waals surface area contributed by atoms with Crippen LogP contribution < -0.4 is 4.74 Å². The maximum Gasteiger partial charge on any atom is 0.310 e. The number of rotatable bonds is 4. The minimum atomic E-state index is -0.401. The topological polar surface area (TPSA) is 59.3 Å². The van der Waals surface area contributed by atoms with Crippen molar-refractivity contribution in [3.8, 4) is 11.8 Å². The van der Waals surface area contributed by atoms with Crippen LogP contribution in [0.2, 0.25) is 0 Å². The highest BCUT2D eigenvalue weighted by molar-refractivity contribution is 6.17. The fraction of sp³-hybridized carbons (Fsp3) is 0.333. The first kappa shape index (κ1) is 13.3. The number of halogens is 1. The molecule has 0 spiro atoms. The summed E-state index contributed by atoms with van der Waals surface area (Å²) >= 11 is 5.74. The molecular weight excluding hydrogens is 242 g/mol. The Morgan fingerprint density at radius 3 is 2.59 bits per heavy atom. The van der Waals surface area contributed by atoms with Crippen molar-refractivity contribution in [1.82, 2.24) is 0 Å². The maximum atomic E-state index is 11.2. The Bertz CT molecular complexity index is 466. The van der Waals surface area contributed by atoms with Crippen LogP contribution in [0.25, 0.3) is 0 Å². The number of nitriles is 1. The van der Waals surface area contributed by atoms with Crippen molar-refractivity contribution in [2.24, 2.45) is 0 Å². The first-order valence-electron chi connectivity index (χ1n) is 4.89. The molecule has 0 N–H and O–H groups in total. The molecule has 0 saturated carbocycles. The molecule has 1 aromatic rings. The molecule has 0 aromatic heterocycles. The molecule has 1 rings (SSSR count). The van der Waals surface area contributed by atoms with Gasteiger partial charge in [-0.3, -0.25) is 4.79 Å². The monoisotopic (exact) mass is 253 g/mol. The molecule has 0 heterocycles. The van der Waals surface area contributed by atoms with Gasteiger partial charge < -0.3 is 9.47 Å². The number of hydrogen-bond acceptors (Lipinski definition) is 4. The number of carbonyl (C=O) groups is 1. The summed E-state index contributed by atoms with van der Waals surface area (Å²) in [5, 5.41) is 9.00. The van der Waals surface area contributed by atoms with E-state index in [1.807, 2.05) is 6.07 Å². The molecule has 0 atom stereocenters. The van der Waals surface area contributed by atoms with Crippen LogP contribution in [-0.4, -0.2) is 20.2 Å². The summed E-state index contributed by atoms with van der Waals surface area (Å²) in [4.78, 5) is 11.2. The highest BCUT2D eigenvalue weighted by Crippen LogP contribution is 2.25. The summed E-state index contributed by atoms with van der Waals surface area (Å²) in [7, 11) is 2.82. The predicted octanol–water partition coefficient (Wildman–Crippen LogP) is 2.02. The maximum absolute atomic E-state index is 11.2. The number of methoxy groups -OCH3 is 2. The quantitative estimate of drug-likeness (QED) is 0.608. The largest absolute Gasteiger partial charge is 0.496 e. The standard InChI is InChI=1S/C12H12ClNO3/c1-16-11-4-8(5-12(15)17-2)10(7-14)3-9(11)6-13/h3-4H,5-6H2,1-2H3. The number of carbonyl (C=O) groups excluding carboxylic acids is 1. The van der Waals surface area contributed by atoms with Gasteiger partial charge in [-0.05, 0) is 17.7 Å². The average molecular weight is 254 g/mol. The zero-order valence-electron chi connectivity index (χ0n) is 9.62. The average Bonchev–Trinajstić information content (AvgIpc) is 2.37. The van der Waals surface area contributed by atoms with E-state index < -0.39 is 5.97 Å². The SMILES string of the molecule is COC(=O)Cc1cc(OC)c(CCl)cc1C#N. The lowest BCUT2D eigenvalue weighted by Gasteiger charge is -2.10. The van der Waals surface area contributed by atoms with Crippen LogP contribution in [-0.2, 0) is 21.8 Å². The van der Waals surface area contributed by atoms with Gasteiger partial charge in [0, 0.05) is 5.56 Å². The number of nitrogens with zero attached hydrogens (tertiary/aromatic N) is 1. The van der Waals surface area contributed by atoms with E-state index in [0.717, 1.165) is 5.56 Å². The molecule has 0 aliphatic rings. The fourth-order valence-corrected chi connectivity index (χ4v) is 1.65. The Kier molecular flexibility index (Phi) is 4.80. The highest BCUT2D eigenvalue weighted by atomic mass is 35.5. The summed E-state index contributed by atoms with van der Waals surface area (Å²) in [6, 6.07) is 5.30. The summed E-state index contributed by atoms with van der Waals surface area (Å²) in [5.74, 6) is 0.413. The number of hydrogen-bond donors (Lipinski definition) is 0. The van der Waals surface area contributed by atoms with Crippen LogP contribution in [0.5, 0.6) is 5.75 Å². The van der Waals surface area contributed by atoms with E-state index in [2.05, 4.69) is 4.74 Å². The number of alkyl halides is 1. The molecule has 0 unspecified atom stereocenters.